The monoisotopic (exact) mass is 375 g/mol. The minimum atomic E-state index is -0.683. The predicted molar refractivity (Wildman–Crippen MR) is 101 cm³/mol. The molecule has 146 valence electrons. The number of carbonyl (C=O) groups excluding carboxylic acids is 2. The van der Waals surface area contributed by atoms with E-state index in [9.17, 15) is 14.4 Å². The first-order chi connectivity index (χ1) is 12.8. The molecule has 1 aromatic carbocycles. The molecular weight excluding hydrogens is 350 g/mol. The molecular formula is C20H25NO6. The van der Waals surface area contributed by atoms with E-state index in [1.54, 1.807) is 6.07 Å². The molecule has 1 amide bonds. The molecule has 1 unspecified atom stereocenters. The fourth-order valence-corrected chi connectivity index (χ4v) is 2.89. The summed E-state index contributed by atoms with van der Waals surface area (Å²) in [4.78, 5) is 35.6. The molecule has 0 aliphatic heterocycles. The minimum Gasteiger partial charge on any atom is -0.496 e. The second-order valence-electron chi connectivity index (χ2n) is 6.72. The van der Waals surface area contributed by atoms with Crippen molar-refractivity contribution in [1.82, 2.24) is 5.32 Å². The van der Waals surface area contributed by atoms with Crippen molar-refractivity contribution in [3.63, 3.8) is 0 Å². The Kier molecular flexibility index (Phi) is 6.60. The van der Waals surface area contributed by atoms with Gasteiger partial charge in [0.25, 0.3) is 0 Å². The van der Waals surface area contributed by atoms with E-state index in [4.69, 9.17) is 13.9 Å². The van der Waals surface area contributed by atoms with Crippen LogP contribution in [0.15, 0.2) is 27.4 Å². The SMILES string of the molecule is COC(=O)C(NC(=O)CCc1cc2c(C)cc(=O)oc2cc1OC)C(C)C. The Hall–Kier alpha value is -2.83. The average molecular weight is 375 g/mol. The van der Waals surface area contributed by atoms with Crippen LogP contribution in [-0.4, -0.2) is 32.1 Å². The number of esters is 1. The molecule has 2 rings (SSSR count). The van der Waals surface area contributed by atoms with Crippen LogP contribution in [0.4, 0.5) is 0 Å². The molecule has 1 aromatic heterocycles. The standard InChI is InChI=1S/C20H25NO6/c1-11(2)19(20(24)26-5)21-17(22)7-6-13-9-14-12(3)8-18(23)27-16(14)10-15(13)25-4/h8-11,19H,6-7H2,1-5H3,(H,21,22). The average Bonchev–Trinajstić information content (AvgIpc) is 2.62. The van der Waals surface area contributed by atoms with Crippen LogP contribution in [0.1, 0.15) is 31.4 Å². The highest BCUT2D eigenvalue weighted by Crippen LogP contribution is 2.28. The highest BCUT2D eigenvalue weighted by Gasteiger charge is 2.24. The van der Waals surface area contributed by atoms with E-state index < -0.39 is 17.6 Å². The van der Waals surface area contributed by atoms with Crippen LogP contribution in [0, 0.1) is 12.8 Å². The molecule has 0 radical (unpaired) electrons. The second kappa shape index (κ2) is 8.70. The zero-order chi connectivity index (χ0) is 20.1. The zero-order valence-corrected chi connectivity index (χ0v) is 16.3. The van der Waals surface area contributed by atoms with E-state index in [0.717, 1.165) is 16.5 Å². The summed E-state index contributed by atoms with van der Waals surface area (Å²) in [5.74, 6) is -0.260. The van der Waals surface area contributed by atoms with E-state index in [1.807, 2.05) is 26.8 Å². The summed E-state index contributed by atoms with van der Waals surface area (Å²) in [6.45, 7) is 5.50. The normalized spacial score (nSPS) is 12.1. The molecule has 7 nitrogen and oxygen atoms in total. The number of hydrogen-bond donors (Lipinski definition) is 1. The van der Waals surface area contributed by atoms with Gasteiger partial charge in [0.2, 0.25) is 5.91 Å². The van der Waals surface area contributed by atoms with Crippen molar-refractivity contribution >= 4 is 22.8 Å². The lowest BCUT2D eigenvalue weighted by Gasteiger charge is -2.20. The van der Waals surface area contributed by atoms with Gasteiger partial charge in [0.15, 0.2) is 0 Å². The highest BCUT2D eigenvalue weighted by atomic mass is 16.5. The van der Waals surface area contributed by atoms with Crippen LogP contribution in [0.25, 0.3) is 11.0 Å². The molecule has 0 saturated heterocycles. The van der Waals surface area contributed by atoms with E-state index in [2.05, 4.69) is 5.32 Å². The number of fused-ring (bicyclic) bond motifs is 1. The van der Waals surface area contributed by atoms with Crippen molar-refractivity contribution in [3.8, 4) is 5.75 Å². The lowest BCUT2D eigenvalue weighted by molar-refractivity contribution is -0.146. The van der Waals surface area contributed by atoms with E-state index in [-0.39, 0.29) is 18.2 Å². The van der Waals surface area contributed by atoms with E-state index >= 15 is 0 Å². The number of nitrogens with one attached hydrogen (secondary N) is 1. The quantitative estimate of drug-likeness (QED) is 0.590. The van der Waals surface area contributed by atoms with Crippen LogP contribution in [0.5, 0.6) is 5.75 Å². The summed E-state index contributed by atoms with van der Waals surface area (Å²) < 4.78 is 15.3. The molecule has 2 aromatic rings. The van der Waals surface area contributed by atoms with Gasteiger partial charge in [-0.15, -0.1) is 0 Å². The van der Waals surface area contributed by atoms with Crippen molar-refractivity contribution in [2.75, 3.05) is 14.2 Å². The van der Waals surface area contributed by atoms with Crippen molar-refractivity contribution < 1.29 is 23.5 Å². The third kappa shape index (κ3) is 4.87. The number of methoxy groups -OCH3 is 2. The van der Waals surface area contributed by atoms with Gasteiger partial charge in [-0.05, 0) is 36.5 Å². The van der Waals surface area contributed by atoms with Gasteiger partial charge in [-0.2, -0.15) is 0 Å². The number of rotatable bonds is 7. The molecule has 1 atom stereocenters. The Morgan fingerprint density at radius 3 is 2.48 bits per heavy atom. The van der Waals surface area contributed by atoms with Gasteiger partial charge in [-0.25, -0.2) is 9.59 Å². The number of ether oxygens (including phenoxy) is 2. The third-order valence-electron chi connectivity index (χ3n) is 4.41. The van der Waals surface area contributed by atoms with Crippen LogP contribution in [-0.2, 0) is 20.7 Å². The Labute approximate surface area is 157 Å². The van der Waals surface area contributed by atoms with Crippen LogP contribution in [0.2, 0.25) is 0 Å². The first kappa shape index (κ1) is 20.5. The van der Waals surface area contributed by atoms with Gasteiger partial charge in [0, 0.05) is 23.9 Å². The number of benzene rings is 1. The van der Waals surface area contributed by atoms with Gasteiger partial charge in [0.05, 0.1) is 14.2 Å². The number of amides is 1. The lowest BCUT2D eigenvalue weighted by Crippen LogP contribution is -2.45. The summed E-state index contributed by atoms with van der Waals surface area (Å²) in [6.07, 6.45) is 0.591. The van der Waals surface area contributed by atoms with E-state index in [1.165, 1.54) is 20.3 Å². The molecule has 0 spiro atoms. The highest BCUT2D eigenvalue weighted by molar-refractivity contribution is 5.85. The van der Waals surface area contributed by atoms with Gasteiger partial charge in [0.1, 0.15) is 17.4 Å². The topological polar surface area (TPSA) is 94.8 Å². The summed E-state index contributed by atoms with van der Waals surface area (Å²) in [6, 6.07) is 4.26. The maximum absolute atomic E-state index is 12.3. The van der Waals surface area contributed by atoms with Crippen LogP contribution in [0.3, 0.4) is 0 Å². The molecule has 0 bridgehead atoms. The zero-order valence-electron chi connectivity index (χ0n) is 16.3. The fourth-order valence-electron chi connectivity index (χ4n) is 2.89. The fraction of sp³-hybridized carbons (Fsp3) is 0.450. The van der Waals surface area contributed by atoms with Crippen LogP contribution >= 0.6 is 0 Å². The molecule has 0 fully saturated rings. The maximum Gasteiger partial charge on any atom is 0.336 e. The molecule has 1 heterocycles. The molecule has 1 N–H and O–H groups in total. The maximum atomic E-state index is 12.3. The van der Waals surface area contributed by atoms with Gasteiger partial charge < -0.3 is 19.2 Å². The van der Waals surface area contributed by atoms with Crippen molar-refractivity contribution in [3.05, 3.63) is 39.7 Å². The lowest BCUT2D eigenvalue weighted by atomic mass is 10.0. The van der Waals surface area contributed by atoms with Gasteiger partial charge >= 0.3 is 11.6 Å². The Balaban J connectivity index is 2.19. The van der Waals surface area contributed by atoms with Gasteiger partial charge in [-0.1, -0.05) is 13.8 Å². The summed E-state index contributed by atoms with van der Waals surface area (Å²) >= 11 is 0. The number of aryl methyl sites for hydroxylation is 2. The van der Waals surface area contributed by atoms with Crippen LogP contribution < -0.4 is 15.7 Å². The Morgan fingerprint density at radius 1 is 1.19 bits per heavy atom. The smallest absolute Gasteiger partial charge is 0.336 e. The van der Waals surface area contributed by atoms with Gasteiger partial charge in [-0.3, -0.25) is 4.79 Å². The molecule has 7 heteroatoms. The molecule has 27 heavy (non-hydrogen) atoms. The predicted octanol–water partition coefficient (Wildman–Crippen LogP) is 2.36. The summed E-state index contributed by atoms with van der Waals surface area (Å²) in [5, 5.41) is 3.51. The van der Waals surface area contributed by atoms with Crippen molar-refractivity contribution in [2.45, 2.75) is 39.7 Å². The van der Waals surface area contributed by atoms with E-state index in [0.29, 0.717) is 17.8 Å². The van der Waals surface area contributed by atoms with Crippen molar-refractivity contribution in [2.24, 2.45) is 5.92 Å². The number of hydrogen-bond acceptors (Lipinski definition) is 6. The summed E-state index contributed by atoms with van der Waals surface area (Å²) in [7, 11) is 2.81. The molecule has 0 saturated carbocycles. The van der Waals surface area contributed by atoms with Crippen molar-refractivity contribution in [1.29, 1.82) is 0 Å². The first-order valence-electron chi connectivity index (χ1n) is 8.75. The second-order valence-corrected chi connectivity index (χ2v) is 6.72. The third-order valence-corrected chi connectivity index (χ3v) is 4.41. The summed E-state index contributed by atoms with van der Waals surface area (Å²) in [5.41, 5.74) is 1.63. The molecule has 0 aliphatic carbocycles. The first-order valence-corrected chi connectivity index (χ1v) is 8.75. The largest absolute Gasteiger partial charge is 0.496 e. The Morgan fingerprint density at radius 2 is 1.89 bits per heavy atom. The number of carbonyl (C=O) groups is 2. The Bertz CT molecular complexity index is 899. The molecule has 0 aliphatic rings. The minimum absolute atomic E-state index is 0.0813.